The zero-order chi connectivity index (χ0) is 24.5. The summed E-state index contributed by atoms with van der Waals surface area (Å²) in [5, 5.41) is 9.14. The smallest absolute Gasteiger partial charge is 0.245 e. The van der Waals surface area contributed by atoms with Gasteiger partial charge in [0.25, 0.3) is 0 Å². The van der Waals surface area contributed by atoms with Crippen LogP contribution in [0.15, 0.2) is 84.9 Å². The van der Waals surface area contributed by atoms with Crippen molar-refractivity contribution >= 4 is 21.5 Å². The number of hydrogen-bond acceptors (Lipinski definition) is 4. The molecule has 0 saturated carbocycles. The zero-order valence-electron chi connectivity index (χ0n) is 19.4. The second kappa shape index (κ2) is 9.41. The summed E-state index contributed by atoms with van der Waals surface area (Å²) in [6.07, 6.45) is 2.80. The van der Waals surface area contributed by atoms with Gasteiger partial charge in [-0.2, -0.15) is 4.31 Å². The van der Waals surface area contributed by atoms with Crippen molar-refractivity contribution in [3.05, 3.63) is 102 Å². The van der Waals surface area contributed by atoms with Crippen LogP contribution >= 0.6 is 0 Å². The normalized spacial score (nSPS) is 17.5. The molecule has 2 N–H and O–H groups in total. The molecular formula is C28H28N2O4S. The summed E-state index contributed by atoms with van der Waals surface area (Å²) in [5.74, 6) is -0.687. The molecule has 0 unspecified atom stereocenters. The molecule has 6 nitrogen and oxygen atoms in total. The van der Waals surface area contributed by atoms with E-state index in [1.807, 2.05) is 48.5 Å². The van der Waals surface area contributed by atoms with Crippen molar-refractivity contribution < 1.29 is 18.4 Å². The van der Waals surface area contributed by atoms with Crippen LogP contribution in [0.1, 0.15) is 29.5 Å². The van der Waals surface area contributed by atoms with Gasteiger partial charge < -0.3 is 0 Å². The van der Waals surface area contributed by atoms with Crippen molar-refractivity contribution in [1.29, 1.82) is 0 Å². The molecule has 3 aromatic rings. The third kappa shape index (κ3) is 4.43. The minimum absolute atomic E-state index is 0.257. The van der Waals surface area contributed by atoms with Gasteiger partial charge in [0.1, 0.15) is 4.75 Å². The molecule has 0 saturated heterocycles. The summed E-state index contributed by atoms with van der Waals surface area (Å²) in [6.45, 7) is 0.615. The first-order chi connectivity index (χ1) is 16.9. The van der Waals surface area contributed by atoms with Gasteiger partial charge in [-0.1, -0.05) is 84.9 Å². The number of rotatable bonds is 6. The fraction of sp³-hybridized carbons (Fsp3) is 0.250. The number of hydroxylamine groups is 1. The molecule has 0 radical (unpaired) electrons. The molecule has 0 spiro atoms. The van der Waals surface area contributed by atoms with Crippen LogP contribution in [0.5, 0.6) is 0 Å². The lowest BCUT2D eigenvalue weighted by Gasteiger charge is -2.36. The monoisotopic (exact) mass is 488 g/mol. The summed E-state index contributed by atoms with van der Waals surface area (Å²) in [7, 11) is -3.83. The highest BCUT2D eigenvalue weighted by Crippen LogP contribution is 2.41. The molecule has 180 valence electrons. The summed E-state index contributed by atoms with van der Waals surface area (Å²) < 4.78 is 28.0. The summed E-state index contributed by atoms with van der Waals surface area (Å²) >= 11 is 0. The fourth-order valence-corrected chi connectivity index (χ4v) is 7.44. The van der Waals surface area contributed by atoms with Gasteiger partial charge in [-0.05, 0) is 52.7 Å². The van der Waals surface area contributed by atoms with E-state index in [1.165, 1.54) is 4.31 Å². The van der Waals surface area contributed by atoms with Crippen molar-refractivity contribution in [3.8, 4) is 11.1 Å². The van der Waals surface area contributed by atoms with E-state index in [4.69, 9.17) is 5.21 Å². The van der Waals surface area contributed by atoms with E-state index in [0.717, 1.165) is 33.4 Å². The van der Waals surface area contributed by atoms with E-state index < -0.39 is 20.7 Å². The summed E-state index contributed by atoms with van der Waals surface area (Å²) in [5.41, 5.74) is 8.01. The molecule has 1 aliphatic heterocycles. The number of carbonyl (C=O) groups excluding carboxylic acids is 1. The Morgan fingerprint density at radius 2 is 1.43 bits per heavy atom. The lowest BCUT2D eigenvalue weighted by Crippen LogP contribution is -2.52. The molecule has 5 rings (SSSR count). The van der Waals surface area contributed by atoms with Crippen LogP contribution < -0.4 is 5.48 Å². The van der Waals surface area contributed by atoms with E-state index in [2.05, 4.69) is 36.4 Å². The Morgan fingerprint density at radius 3 is 2.00 bits per heavy atom. The Balaban J connectivity index is 1.37. The maximum atomic E-state index is 13.9. The lowest BCUT2D eigenvalue weighted by atomic mass is 9.97. The van der Waals surface area contributed by atoms with Crippen molar-refractivity contribution in [2.75, 3.05) is 13.1 Å². The number of nitrogens with one attached hydrogen (secondary N) is 1. The highest BCUT2D eigenvalue weighted by molar-refractivity contribution is 7.90. The average Bonchev–Trinajstić information content (AvgIpc) is 3.29. The maximum absolute atomic E-state index is 13.9. The largest absolute Gasteiger partial charge is 0.289 e. The lowest BCUT2D eigenvalue weighted by molar-refractivity contribution is -0.129. The SMILES string of the molecule is O=C(CC1(S(=O)(=O)N2CC=C(c3ccc(-c4ccccc4)cc3)CC2)Cc2ccccc2C1)NO. The fourth-order valence-electron chi connectivity index (χ4n) is 5.30. The first-order valence-corrected chi connectivity index (χ1v) is 13.2. The van der Waals surface area contributed by atoms with Crippen molar-refractivity contribution in [1.82, 2.24) is 9.79 Å². The first kappa shape index (κ1) is 23.5. The second-order valence-electron chi connectivity index (χ2n) is 9.30. The highest BCUT2D eigenvalue weighted by atomic mass is 32.2. The van der Waals surface area contributed by atoms with Crippen LogP contribution in [0.4, 0.5) is 0 Å². The van der Waals surface area contributed by atoms with Crippen molar-refractivity contribution in [2.24, 2.45) is 0 Å². The molecule has 35 heavy (non-hydrogen) atoms. The molecular weight excluding hydrogens is 460 g/mol. The molecule has 0 fully saturated rings. The zero-order valence-corrected chi connectivity index (χ0v) is 20.2. The standard InChI is InChI=1S/C28H28N2O4S/c31-27(29-32)20-28(18-25-8-4-5-9-26(25)19-28)35(33,34)30-16-14-24(15-17-30)23-12-10-22(11-13-23)21-6-2-1-3-7-21/h1-14,32H,15-20H2,(H,29,31). The Morgan fingerprint density at radius 1 is 0.857 bits per heavy atom. The molecule has 1 heterocycles. The van der Waals surface area contributed by atoms with Gasteiger partial charge in [0.2, 0.25) is 15.9 Å². The summed E-state index contributed by atoms with van der Waals surface area (Å²) in [4.78, 5) is 12.2. The van der Waals surface area contributed by atoms with E-state index in [-0.39, 0.29) is 25.8 Å². The minimum atomic E-state index is -3.83. The third-order valence-electron chi connectivity index (χ3n) is 7.17. The van der Waals surface area contributed by atoms with Crippen LogP contribution in [0.2, 0.25) is 0 Å². The van der Waals surface area contributed by atoms with E-state index in [9.17, 15) is 13.2 Å². The minimum Gasteiger partial charge on any atom is -0.289 e. The van der Waals surface area contributed by atoms with Crippen LogP contribution in [0.25, 0.3) is 16.7 Å². The van der Waals surface area contributed by atoms with Crippen LogP contribution in [0.3, 0.4) is 0 Å². The number of carbonyl (C=O) groups is 1. The predicted octanol–water partition coefficient (Wildman–Crippen LogP) is 4.21. The third-order valence-corrected chi connectivity index (χ3v) is 9.71. The molecule has 1 amide bonds. The number of hydrogen-bond donors (Lipinski definition) is 2. The molecule has 1 aliphatic carbocycles. The van der Waals surface area contributed by atoms with Gasteiger partial charge in [0.15, 0.2) is 0 Å². The Bertz CT molecular complexity index is 1340. The van der Waals surface area contributed by atoms with Gasteiger partial charge in [-0.25, -0.2) is 13.9 Å². The Kier molecular flexibility index (Phi) is 6.32. The quantitative estimate of drug-likeness (QED) is 0.402. The van der Waals surface area contributed by atoms with Crippen molar-refractivity contribution in [3.63, 3.8) is 0 Å². The molecule has 2 aliphatic rings. The van der Waals surface area contributed by atoms with E-state index in [0.29, 0.717) is 13.0 Å². The Hall–Kier alpha value is -3.26. The van der Waals surface area contributed by atoms with Gasteiger partial charge >= 0.3 is 0 Å². The van der Waals surface area contributed by atoms with Crippen molar-refractivity contribution in [2.45, 2.75) is 30.4 Å². The number of nitrogens with zero attached hydrogens (tertiary/aromatic N) is 1. The molecule has 0 aromatic heterocycles. The van der Waals surface area contributed by atoms with E-state index >= 15 is 0 Å². The molecule has 7 heteroatoms. The highest BCUT2D eigenvalue weighted by Gasteiger charge is 2.52. The molecule has 0 bridgehead atoms. The average molecular weight is 489 g/mol. The summed E-state index contributed by atoms with van der Waals surface area (Å²) in [6, 6.07) is 26.1. The van der Waals surface area contributed by atoms with Crippen LogP contribution in [-0.4, -0.2) is 41.7 Å². The predicted molar refractivity (Wildman–Crippen MR) is 136 cm³/mol. The first-order valence-electron chi connectivity index (χ1n) is 11.8. The van der Waals surface area contributed by atoms with Gasteiger partial charge in [-0.15, -0.1) is 0 Å². The molecule has 3 aromatic carbocycles. The number of amides is 1. The van der Waals surface area contributed by atoms with Gasteiger partial charge in [0, 0.05) is 13.1 Å². The molecule has 0 atom stereocenters. The van der Waals surface area contributed by atoms with E-state index in [1.54, 1.807) is 5.48 Å². The second-order valence-corrected chi connectivity index (χ2v) is 11.6. The number of sulfonamides is 1. The van der Waals surface area contributed by atoms with Crippen LogP contribution in [-0.2, 0) is 27.7 Å². The van der Waals surface area contributed by atoms with Crippen LogP contribution in [0, 0.1) is 0 Å². The maximum Gasteiger partial charge on any atom is 0.245 e. The number of fused-ring (bicyclic) bond motifs is 1. The number of benzene rings is 3. The van der Waals surface area contributed by atoms with Gasteiger partial charge in [0.05, 0.1) is 6.42 Å². The topological polar surface area (TPSA) is 86.7 Å². The van der Waals surface area contributed by atoms with Gasteiger partial charge in [-0.3, -0.25) is 10.0 Å². The Labute approximate surface area is 205 Å².